The van der Waals surface area contributed by atoms with E-state index in [0.29, 0.717) is 29.0 Å². The van der Waals surface area contributed by atoms with Crippen molar-refractivity contribution in [3.05, 3.63) is 41.1 Å². The highest BCUT2D eigenvalue weighted by Crippen LogP contribution is 2.75. The highest BCUT2D eigenvalue weighted by atomic mass is 16.5. The molecule has 1 N–H and O–H groups in total. The summed E-state index contributed by atoms with van der Waals surface area (Å²) in [5, 5.41) is 1.49. The Labute approximate surface area is 180 Å². The zero-order valence-corrected chi connectivity index (χ0v) is 19.1. The number of H-pyrrole nitrogens is 1. The average Bonchev–Trinajstić information content (AvgIpc) is 3.28. The lowest BCUT2D eigenvalue weighted by molar-refractivity contribution is -0.158. The van der Waals surface area contributed by atoms with Gasteiger partial charge in [0.05, 0.1) is 12.2 Å². The first-order valence-corrected chi connectivity index (χ1v) is 12.3. The standard InChI is InChI=1S/C28H35NO/c1-15-11-12-27(5)16(2)9-10-21-28(27)13-20(30-21)25-23(24(15)28)17-14-29-19-8-6-7-18(22(17)19)26(25,3)4/h6-8,14-16,20-21,24,29H,9-13H2,1-5H3/t15-,16-,20-,21+,24+,27+,28+/m0/s1. The van der Waals surface area contributed by atoms with E-state index < -0.39 is 0 Å². The summed E-state index contributed by atoms with van der Waals surface area (Å²) in [7, 11) is 0. The summed E-state index contributed by atoms with van der Waals surface area (Å²) < 4.78 is 7.10. The smallest absolute Gasteiger partial charge is 0.0810 e. The van der Waals surface area contributed by atoms with Gasteiger partial charge in [-0.05, 0) is 78.0 Å². The van der Waals surface area contributed by atoms with Crippen molar-refractivity contribution in [1.82, 2.24) is 4.98 Å². The first-order valence-electron chi connectivity index (χ1n) is 12.3. The van der Waals surface area contributed by atoms with Gasteiger partial charge < -0.3 is 9.72 Å². The van der Waals surface area contributed by atoms with Crippen LogP contribution >= 0.6 is 0 Å². The third kappa shape index (κ3) is 1.70. The van der Waals surface area contributed by atoms with Crippen LogP contribution in [0.1, 0.15) is 77.8 Å². The second kappa shape index (κ2) is 5.26. The first kappa shape index (κ1) is 18.1. The molecule has 158 valence electrons. The molecule has 0 amide bonds. The van der Waals surface area contributed by atoms with Crippen LogP contribution in [0.3, 0.4) is 0 Å². The molecular formula is C28H35NO. The summed E-state index contributed by atoms with van der Waals surface area (Å²) in [4.78, 5) is 3.64. The Morgan fingerprint density at radius 3 is 2.73 bits per heavy atom. The molecule has 2 bridgehead atoms. The number of fused-ring (bicyclic) bond motifs is 4. The molecule has 1 aromatic carbocycles. The van der Waals surface area contributed by atoms with Crippen LogP contribution in [0.5, 0.6) is 0 Å². The van der Waals surface area contributed by atoms with Crippen molar-refractivity contribution >= 4 is 16.5 Å². The molecule has 2 heteroatoms. The van der Waals surface area contributed by atoms with Gasteiger partial charge in [-0.1, -0.05) is 46.8 Å². The summed E-state index contributed by atoms with van der Waals surface area (Å²) in [6.07, 6.45) is 9.65. The lowest BCUT2D eigenvalue weighted by atomic mass is 9.37. The molecule has 0 unspecified atom stereocenters. The van der Waals surface area contributed by atoms with Gasteiger partial charge in [-0.2, -0.15) is 0 Å². The highest BCUT2D eigenvalue weighted by Gasteiger charge is 2.71. The molecule has 7 atom stereocenters. The molecule has 2 aromatic rings. The van der Waals surface area contributed by atoms with Gasteiger partial charge in [-0.3, -0.25) is 0 Å². The van der Waals surface area contributed by atoms with E-state index in [1.807, 2.05) is 0 Å². The van der Waals surface area contributed by atoms with Gasteiger partial charge in [0.2, 0.25) is 0 Å². The van der Waals surface area contributed by atoms with Gasteiger partial charge in [0.15, 0.2) is 0 Å². The molecule has 30 heavy (non-hydrogen) atoms. The fraction of sp³-hybridized carbons (Fsp3) is 0.643. The maximum absolute atomic E-state index is 7.10. The van der Waals surface area contributed by atoms with E-state index in [4.69, 9.17) is 4.74 Å². The van der Waals surface area contributed by atoms with E-state index in [-0.39, 0.29) is 5.41 Å². The normalized spacial score (nSPS) is 45.4. The van der Waals surface area contributed by atoms with Crippen molar-refractivity contribution in [2.45, 2.75) is 84.3 Å². The Kier molecular flexibility index (Phi) is 3.17. The summed E-state index contributed by atoms with van der Waals surface area (Å²) in [5.41, 5.74) is 8.36. The molecule has 0 radical (unpaired) electrons. The van der Waals surface area contributed by atoms with Gasteiger partial charge in [-0.25, -0.2) is 0 Å². The molecule has 1 aliphatic heterocycles. The largest absolute Gasteiger partial charge is 0.370 e. The third-order valence-electron chi connectivity index (χ3n) is 10.9. The second-order valence-electron chi connectivity index (χ2n) is 12.1. The summed E-state index contributed by atoms with van der Waals surface area (Å²) in [6.45, 7) is 12.7. The maximum Gasteiger partial charge on any atom is 0.0810 e. The molecule has 1 spiro atoms. The number of allylic oxidation sites excluding steroid dienone is 1. The second-order valence-corrected chi connectivity index (χ2v) is 12.1. The van der Waals surface area contributed by atoms with E-state index >= 15 is 0 Å². The number of nitrogens with one attached hydrogen (secondary N) is 1. The molecule has 1 saturated heterocycles. The molecule has 2 heterocycles. The molecule has 7 rings (SSSR count). The minimum atomic E-state index is 0.0307. The van der Waals surface area contributed by atoms with Crippen molar-refractivity contribution in [3.8, 4) is 0 Å². The van der Waals surface area contributed by atoms with Crippen molar-refractivity contribution < 1.29 is 4.74 Å². The number of hydrogen-bond donors (Lipinski definition) is 1. The zero-order valence-electron chi connectivity index (χ0n) is 19.1. The van der Waals surface area contributed by atoms with E-state index in [0.717, 1.165) is 11.8 Å². The Morgan fingerprint density at radius 1 is 1.07 bits per heavy atom. The predicted octanol–water partition coefficient (Wildman–Crippen LogP) is 6.85. The van der Waals surface area contributed by atoms with E-state index in [1.54, 1.807) is 11.1 Å². The van der Waals surface area contributed by atoms with Gasteiger partial charge >= 0.3 is 0 Å². The van der Waals surface area contributed by atoms with E-state index in [1.165, 1.54) is 54.1 Å². The fourth-order valence-corrected chi connectivity index (χ4v) is 9.44. The van der Waals surface area contributed by atoms with Crippen LogP contribution in [0.4, 0.5) is 0 Å². The van der Waals surface area contributed by atoms with Crippen LogP contribution in [-0.4, -0.2) is 17.2 Å². The Bertz CT molecular complexity index is 1120. The summed E-state index contributed by atoms with van der Waals surface area (Å²) in [5.74, 6) is 2.15. The van der Waals surface area contributed by atoms with Crippen LogP contribution in [-0.2, 0) is 10.2 Å². The van der Waals surface area contributed by atoms with Crippen molar-refractivity contribution in [3.63, 3.8) is 0 Å². The minimum Gasteiger partial charge on any atom is -0.370 e. The van der Waals surface area contributed by atoms with Crippen LogP contribution in [0.2, 0.25) is 0 Å². The number of rotatable bonds is 0. The fourth-order valence-electron chi connectivity index (χ4n) is 9.44. The first-order chi connectivity index (χ1) is 14.3. The monoisotopic (exact) mass is 401 g/mol. The van der Waals surface area contributed by atoms with Crippen LogP contribution in [0.15, 0.2) is 30.0 Å². The van der Waals surface area contributed by atoms with Gasteiger partial charge in [0, 0.05) is 33.5 Å². The molecule has 2 nitrogen and oxygen atoms in total. The Hall–Kier alpha value is -1.54. The van der Waals surface area contributed by atoms with Crippen LogP contribution < -0.4 is 0 Å². The average molecular weight is 402 g/mol. The molecular weight excluding hydrogens is 366 g/mol. The highest BCUT2D eigenvalue weighted by molar-refractivity contribution is 6.01. The van der Waals surface area contributed by atoms with Crippen LogP contribution in [0.25, 0.3) is 16.5 Å². The predicted molar refractivity (Wildman–Crippen MR) is 122 cm³/mol. The number of ether oxygens (including phenoxy) is 1. The van der Waals surface area contributed by atoms with E-state index in [9.17, 15) is 0 Å². The number of aromatic amines is 1. The maximum atomic E-state index is 7.10. The molecule has 1 aromatic heterocycles. The van der Waals surface area contributed by atoms with Gasteiger partial charge in [0.1, 0.15) is 0 Å². The van der Waals surface area contributed by atoms with E-state index in [2.05, 4.69) is 64.0 Å². The SMILES string of the molecule is C[C@H]1CC[C@]2(C)[C@@H](C)CC[C@H]3O[C@H]4C[C@]32[C@H]1C1=C4C(C)(C)c2cccc3[nH]cc1c23. The van der Waals surface area contributed by atoms with Crippen molar-refractivity contribution in [2.24, 2.45) is 28.6 Å². The zero-order chi connectivity index (χ0) is 20.6. The Morgan fingerprint density at radius 2 is 1.90 bits per heavy atom. The van der Waals surface area contributed by atoms with Gasteiger partial charge in [0.25, 0.3) is 0 Å². The molecule has 5 aliphatic rings. The lowest BCUT2D eigenvalue weighted by Crippen LogP contribution is -2.61. The Balaban J connectivity index is 1.58. The van der Waals surface area contributed by atoms with Crippen LogP contribution in [0, 0.1) is 28.6 Å². The molecule has 4 aliphatic carbocycles. The summed E-state index contributed by atoms with van der Waals surface area (Å²) in [6, 6.07) is 6.86. The molecule has 3 fully saturated rings. The summed E-state index contributed by atoms with van der Waals surface area (Å²) >= 11 is 0. The third-order valence-corrected chi connectivity index (χ3v) is 10.9. The lowest BCUT2D eigenvalue weighted by Gasteiger charge is -2.65. The number of hydrogen-bond acceptors (Lipinski definition) is 1. The number of benzene rings is 1. The quantitative estimate of drug-likeness (QED) is 0.513. The van der Waals surface area contributed by atoms with Crippen molar-refractivity contribution in [1.29, 1.82) is 0 Å². The van der Waals surface area contributed by atoms with Gasteiger partial charge in [-0.15, -0.1) is 0 Å². The minimum absolute atomic E-state index is 0.0307. The molecule has 2 saturated carbocycles. The van der Waals surface area contributed by atoms with Crippen molar-refractivity contribution in [2.75, 3.05) is 0 Å². The number of aromatic nitrogens is 1. The topological polar surface area (TPSA) is 25.0 Å².